The van der Waals surface area contributed by atoms with E-state index in [9.17, 15) is 4.79 Å². The van der Waals surface area contributed by atoms with Crippen molar-refractivity contribution >= 4 is 5.91 Å². The Morgan fingerprint density at radius 1 is 1.42 bits per heavy atom. The highest BCUT2D eigenvalue weighted by Crippen LogP contribution is 2.05. The minimum absolute atomic E-state index is 0.0970. The SMILES string of the molecule is CCC(CC#N)NC(=O)C(N)CCc1ccccc1. The summed E-state index contributed by atoms with van der Waals surface area (Å²) >= 11 is 0. The van der Waals surface area contributed by atoms with Crippen molar-refractivity contribution in [1.29, 1.82) is 5.26 Å². The normalized spacial score (nSPS) is 13.3. The van der Waals surface area contributed by atoms with Gasteiger partial charge >= 0.3 is 0 Å². The lowest BCUT2D eigenvalue weighted by Gasteiger charge is -2.17. The number of nitrogens with two attached hydrogens (primary N) is 1. The van der Waals surface area contributed by atoms with Crippen LogP contribution in [0.25, 0.3) is 0 Å². The van der Waals surface area contributed by atoms with Crippen molar-refractivity contribution in [2.75, 3.05) is 0 Å². The maximum atomic E-state index is 11.9. The van der Waals surface area contributed by atoms with Gasteiger partial charge in [-0.3, -0.25) is 4.79 Å². The molecule has 0 aliphatic rings. The first-order valence-electron chi connectivity index (χ1n) is 6.64. The maximum Gasteiger partial charge on any atom is 0.237 e. The van der Waals surface area contributed by atoms with E-state index >= 15 is 0 Å². The molecule has 0 aliphatic carbocycles. The van der Waals surface area contributed by atoms with Crippen LogP contribution in [-0.4, -0.2) is 18.0 Å². The van der Waals surface area contributed by atoms with Crippen LogP contribution in [0.1, 0.15) is 31.7 Å². The van der Waals surface area contributed by atoms with Crippen molar-refractivity contribution in [2.24, 2.45) is 5.73 Å². The smallest absolute Gasteiger partial charge is 0.237 e. The number of hydrogen-bond donors (Lipinski definition) is 2. The molecule has 0 bridgehead atoms. The fourth-order valence-electron chi connectivity index (χ4n) is 1.81. The summed E-state index contributed by atoms with van der Waals surface area (Å²) in [6.45, 7) is 1.94. The Labute approximate surface area is 114 Å². The van der Waals surface area contributed by atoms with Crippen molar-refractivity contribution in [2.45, 2.75) is 44.7 Å². The molecule has 0 saturated heterocycles. The molecule has 0 spiro atoms. The first-order valence-corrected chi connectivity index (χ1v) is 6.64. The molecule has 1 aromatic carbocycles. The van der Waals surface area contributed by atoms with Gasteiger partial charge in [0.1, 0.15) is 0 Å². The number of amides is 1. The Balaban J connectivity index is 2.38. The Hall–Kier alpha value is -1.86. The van der Waals surface area contributed by atoms with Crippen LogP contribution in [0.2, 0.25) is 0 Å². The molecule has 0 radical (unpaired) electrons. The molecule has 0 aliphatic heterocycles. The molecule has 1 aromatic rings. The van der Waals surface area contributed by atoms with Crippen molar-refractivity contribution in [3.8, 4) is 6.07 Å². The molecule has 0 aromatic heterocycles. The second kappa shape index (κ2) is 8.28. The number of carbonyl (C=O) groups is 1. The lowest BCUT2D eigenvalue weighted by molar-refractivity contribution is -0.123. The standard InChI is InChI=1S/C15H21N3O/c1-2-13(10-11-16)18-15(19)14(17)9-8-12-6-4-3-5-7-12/h3-7,13-14H,2,8-10,17H2,1H3,(H,18,19). The molecule has 2 atom stereocenters. The van der Waals surface area contributed by atoms with Crippen LogP contribution in [0, 0.1) is 11.3 Å². The molecular formula is C15H21N3O. The number of rotatable bonds is 7. The lowest BCUT2D eigenvalue weighted by Crippen LogP contribution is -2.45. The highest BCUT2D eigenvalue weighted by Gasteiger charge is 2.16. The molecule has 1 rings (SSSR count). The van der Waals surface area contributed by atoms with E-state index in [1.54, 1.807) is 0 Å². The van der Waals surface area contributed by atoms with E-state index < -0.39 is 6.04 Å². The molecular weight excluding hydrogens is 238 g/mol. The second-order valence-electron chi connectivity index (χ2n) is 4.61. The molecule has 3 N–H and O–H groups in total. The van der Waals surface area contributed by atoms with E-state index in [2.05, 4.69) is 11.4 Å². The van der Waals surface area contributed by atoms with E-state index in [1.807, 2.05) is 37.3 Å². The second-order valence-corrected chi connectivity index (χ2v) is 4.61. The first-order chi connectivity index (χ1) is 9.17. The van der Waals surface area contributed by atoms with Crippen LogP contribution in [0.5, 0.6) is 0 Å². The highest BCUT2D eigenvalue weighted by molar-refractivity contribution is 5.81. The van der Waals surface area contributed by atoms with Gasteiger partial charge in [-0.2, -0.15) is 5.26 Å². The van der Waals surface area contributed by atoms with Crippen molar-refractivity contribution < 1.29 is 4.79 Å². The number of benzene rings is 1. The van der Waals surface area contributed by atoms with E-state index in [1.165, 1.54) is 5.56 Å². The Morgan fingerprint density at radius 3 is 2.68 bits per heavy atom. The van der Waals surface area contributed by atoms with Crippen LogP contribution in [0.3, 0.4) is 0 Å². The predicted octanol–water partition coefficient (Wildman–Crippen LogP) is 1.75. The van der Waals surface area contributed by atoms with Crippen LogP contribution in [0.4, 0.5) is 0 Å². The lowest BCUT2D eigenvalue weighted by atomic mass is 10.0. The number of nitrogens with zero attached hydrogens (tertiary/aromatic N) is 1. The van der Waals surface area contributed by atoms with E-state index in [0.717, 1.165) is 12.8 Å². The highest BCUT2D eigenvalue weighted by atomic mass is 16.2. The first kappa shape index (κ1) is 15.2. The van der Waals surface area contributed by atoms with Gasteiger partial charge in [0.25, 0.3) is 0 Å². The number of carbonyl (C=O) groups excluding carboxylic acids is 1. The zero-order valence-electron chi connectivity index (χ0n) is 11.3. The Morgan fingerprint density at radius 2 is 2.11 bits per heavy atom. The van der Waals surface area contributed by atoms with Gasteiger partial charge in [0.15, 0.2) is 0 Å². The molecule has 102 valence electrons. The van der Waals surface area contributed by atoms with Gasteiger partial charge in [-0.25, -0.2) is 0 Å². The zero-order chi connectivity index (χ0) is 14.1. The van der Waals surface area contributed by atoms with Crippen LogP contribution < -0.4 is 11.1 Å². The summed E-state index contributed by atoms with van der Waals surface area (Å²) in [6, 6.07) is 11.4. The summed E-state index contributed by atoms with van der Waals surface area (Å²) in [7, 11) is 0. The average molecular weight is 259 g/mol. The van der Waals surface area contributed by atoms with Crippen LogP contribution in [0.15, 0.2) is 30.3 Å². The average Bonchev–Trinajstić information content (AvgIpc) is 2.45. The summed E-state index contributed by atoms with van der Waals surface area (Å²) in [5.41, 5.74) is 7.05. The molecule has 0 saturated carbocycles. The summed E-state index contributed by atoms with van der Waals surface area (Å²) in [5.74, 6) is -0.168. The van der Waals surface area contributed by atoms with E-state index in [4.69, 9.17) is 11.0 Å². The van der Waals surface area contributed by atoms with E-state index in [0.29, 0.717) is 12.8 Å². The molecule has 4 nitrogen and oxygen atoms in total. The van der Waals surface area contributed by atoms with Gasteiger partial charge in [-0.1, -0.05) is 37.3 Å². The summed E-state index contributed by atoms with van der Waals surface area (Å²) in [6.07, 6.45) is 2.46. The van der Waals surface area contributed by atoms with Gasteiger partial charge in [-0.15, -0.1) is 0 Å². The third kappa shape index (κ3) is 5.54. The number of hydrogen-bond acceptors (Lipinski definition) is 3. The third-order valence-electron chi connectivity index (χ3n) is 3.10. The summed E-state index contributed by atoms with van der Waals surface area (Å²) < 4.78 is 0. The number of aryl methyl sites for hydroxylation is 1. The number of nitrogens with one attached hydrogen (secondary N) is 1. The number of nitriles is 1. The fraction of sp³-hybridized carbons (Fsp3) is 0.467. The molecule has 1 amide bonds. The fourth-order valence-corrected chi connectivity index (χ4v) is 1.81. The Kier molecular flexibility index (Phi) is 6.62. The van der Waals surface area contributed by atoms with Crippen molar-refractivity contribution in [3.63, 3.8) is 0 Å². The topological polar surface area (TPSA) is 78.9 Å². The Bertz CT molecular complexity index is 425. The van der Waals surface area contributed by atoms with Crippen molar-refractivity contribution in [1.82, 2.24) is 5.32 Å². The van der Waals surface area contributed by atoms with Gasteiger partial charge in [0.05, 0.1) is 18.5 Å². The summed E-state index contributed by atoms with van der Waals surface area (Å²) in [4.78, 5) is 11.9. The largest absolute Gasteiger partial charge is 0.351 e. The predicted molar refractivity (Wildman–Crippen MR) is 75.2 cm³/mol. The minimum atomic E-state index is -0.520. The van der Waals surface area contributed by atoms with Gasteiger partial charge < -0.3 is 11.1 Å². The zero-order valence-corrected chi connectivity index (χ0v) is 11.3. The molecule has 19 heavy (non-hydrogen) atoms. The van der Waals surface area contributed by atoms with E-state index in [-0.39, 0.29) is 11.9 Å². The summed E-state index contributed by atoms with van der Waals surface area (Å²) in [5, 5.41) is 11.5. The molecule has 2 unspecified atom stereocenters. The monoisotopic (exact) mass is 259 g/mol. The molecule has 0 fully saturated rings. The quantitative estimate of drug-likeness (QED) is 0.783. The van der Waals surface area contributed by atoms with Gasteiger partial charge in [0.2, 0.25) is 5.91 Å². The minimum Gasteiger partial charge on any atom is -0.351 e. The van der Waals surface area contributed by atoms with Crippen LogP contribution in [-0.2, 0) is 11.2 Å². The maximum absolute atomic E-state index is 11.9. The molecule has 4 heteroatoms. The van der Waals surface area contributed by atoms with Crippen LogP contribution >= 0.6 is 0 Å². The van der Waals surface area contributed by atoms with Gasteiger partial charge in [-0.05, 0) is 24.8 Å². The molecule has 0 heterocycles. The third-order valence-corrected chi connectivity index (χ3v) is 3.10. The van der Waals surface area contributed by atoms with Gasteiger partial charge in [0, 0.05) is 6.04 Å². The van der Waals surface area contributed by atoms with Crippen molar-refractivity contribution in [3.05, 3.63) is 35.9 Å².